The summed E-state index contributed by atoms with van der Waals surface area (Å²) in [7, 11) is 0. The summed E-state index contributed by atoms with van der Waals surface area (Å²) in [6.07, 6.45) is 1.55. The SMILES string of the molecule is CCOc1ccc(Nc2nc([C@@]3(C)C[C@H](CC(C)C)C(=O)O3)cs2)cc1. The molecule has 1 aliphatic heterocycles. The van der Waals surface area contributed by atoms with Gasteiger partial charge in [-0.2, -0.15) is 0 Å². The molecular weight excluding hydrogens is 348 g/mol. The molecule has 1 aliphatic rings. The van der Waals surface area contributed by atoms with Crippen LogP contribution in [0.5, 0.6) is 5.75 Å². The molecule has 140 valence electrons. The molecule has 0 spiro atoms. The normalized spacial score (nSPS) is 22.5. The largest absolute Gasteiger partial charge is 0.494 e. The van der Waals surface area contributed by atoms with Gasteiger partial charge in [0.2, 0.25) is 0 Å². The Morgan fingerprint density at radius 3 is 2.77 bits per heavy atom. The Kier molecular flexibility index (Phi) is 5.51. The Hall–Kier alpha value is -2.08. The summed E-state index contributed by atoms with van der Waals surface area (Å²) >= 11 is 1.52. The first kappa shape index (κ1) is 18.7. The number of thiazole rings is 1. The van der Waals surface area contributed by atoms with Gasteiger partial charge in [0.25, 0.3) is 0 Å². The number of benzene rings is 1. The van der Waals surface area contributed by atoms with E-state index in [4.69, 9.17) is 9.47 Å². The summed E-state index contributed by atoms with van der Waals surface area (Å²) in [6.45, 7) is 8.83. The van der Waals surface area contributed by atoms with Gasteiger partial charge in [-0.05, 0) is 50.5 Å². The third kappa shape index (κ3) is 4.18. The summed E-state index contributed by atoms with van der Waals surface area (Å²) in [4.78, 5) is 16.9. The minimum Gasteiger partial charge on any atom is -0.494 e. The fourth-order valence-electron chi connectivity index (χ4n) is 3.30. The van der Waals surface area contributed by atoms with Crippen LogP contribution >= 0.6 is 11.3 Å². The molecule has 1 saturated heterocycles. The lowest BCUT2D eigenvalue weighted by molar-refractivity contribution is -0.150. The van der Waals surface area contributed by atoms with Crippen molar-refractivity contribution in [3.8, 4) is 5.75 Å². The van der Waals surface area contributed by atoms with Crippen LogP contribution in [0.3, 0.4) is 0 Å². The van der Waals surface area contributed by atoms with Crippen molar-refractivity contribution in [2.75, 3.05) is 11.9 Å². The first-order valence-electron chi connectivity index (χ1n) is 9.08. The van der Waals surface area contributed by atoms with Crippen LogP contribution in [0.15, 0.2) is 29.6 Å². The van der Waals surface area contributed by atoms with E-state index in [1.165, 1.54) is 11.3 Å². The monoisotopic (exact) mass is 374 g/mol. The molecule has 0 amide bonds. The average molecular weight is 375 g/mol. The molecule has 0 unspecified atom stereocenters. The van der Waals surface area contributed by atoms with E-state index in [0.717, 1.165) is 28.7 Å². The van der Waals surface area contributed by atoms with E-state index < -0.39 is 5.60 Å². The van der Waals surface area contributed by atoms with Gasteiger partial charge >= 0.3 is 5.97 Å². The van der Waals surface area contributed by atoms with E-state index in [9.17, 15) is 4.79 Å². The smallest absolute Gasteiger partial charge is 0.310 e. The molecule has 0 aliphatic carbocycles. The number of nitrogens with zero attached hydrogens (tertiary/aromatic N) is 1. The Labute approximate surface area is 158 Å². The van der Waals surface area contributed by atoms with Crippen molar-refractivity contribution in [2.24, 2.45) is 11.8 Å². The summed E-state index contributed by atoms with van der Waals surface area (Å²) in [5, 5.41) is 6.06. The Morgan fingerprint density at radius 2 is 2.12 bits per heavy atom. The third-order valence-corrected chi connectivity index (χ3v) is 5.27. The van der Waals surface area contributed by atoms with Crippen molar-refractivity contribution in [1.82, 2.24) is 4.98 Å². The van der Waals surface area contributed by atoms with Crippen molar-refractivity contribution in [2.45, 2.75) is 46.1 Å². The van der Waals surface area contributed by atoms with Crippen LogP contribution in [0.2, 0.25) is 0 Å². The number of rotatable bonds is 7. The zero-order chi connectivity index (χ0) is 18.7. The highest BCUT2D eigenvalue weighted by Crippen LogP contribution is 2.42. The number of hydrogen-bond donors (Lipinski definition) is 1. The molecule has 1 aromatic heterocycles. The zero-order valence-electron chi connectivity index (χ0n) is 15.7. The topological polar surface area (TPSA) is 60.5 Å². The van der Waals surface area contributed by atoms with Gasteiger partial charge in [0.1, 0.15) is 5.75 Å². The molecule has 2 heterocycles. The summed E-state index contributed by atoms with van der Waals surface area (Å²) < 4.78 is 11.2. The minimum atomic E-state index is -0.633. The lowest BCUT2D eigenvalue weighted by Gasteiger charge is -2.20. The van der Waals surface area contributed by atoms with E-state index in [2.05, 4.69) is 24.1 Å². The van der Waals surface area contributed by atoms with Crippen LogP contribution in [0.4, 0.5) is 10.8 Å². The quantitative estimate of drug-likeness (QED) is 0.683. The number of esters is 1. The Morgan fingerprint density at radius 1 is 1.38 bits per heavy atom. The molecule has 26 heavy (non-hydrogen) atoms. The molecule has 3 rings (SSSR count). The van der Waals surface area contributed by atoms with Crippen molar-refractivity contribution in [1.29, 1.82) is 0 Å². The van der Waals surface area contributed by atoms with Gasteiger partial charge in [-0.25, -0.2) is 4.98 Å². The molecule has 1 aromatic carbocycles. The summed E-state index contributed by atoms with van der Waals surface area (Å²) in [6, 6.07) is 7.78. The highest BCUT2D eigenvalue weighted by molar-refractivity contribution is 7.13. The second-order valence-electron chi connectivity index (χ2n) is 7.30. The summed E-state index contributed by atoms with van der Waals surface area (Å²) in [5.41, 5.74) is 1.13. The van der Waals surface area contributed by atoms with E-state index in [0.29, 0.717) is 18.9 Å². The van der Waals surface area contributed by atoms with E-state index in [1.54, 1.807) is 0 Å². The highest BCUT2D eigenvalue weighted by Gasteiger charge is 2.46. The Bertz CT molecular complexity index is 757. The highest BCUT2D eigenvalue weighted by atomic mass is 32.1. The lowest BCUT2D eigenvalue weighted by atomic mass is 9.88. The Balaban J connectivity index is 1.68. The van der Waals surface area contributed by atoms with Gasteiger partial charge in [-0.1, -0.05) is 13.8 Å². The van der Waals surface area contributed by atoms with Crippen LogP contribution in [0.25, 0.3) is 0 Å². The van der Waals surface area contributed by atoms with Gasteiger partial charge in [0.05, 0.1) is 18.2 Å². The predicted octanol–water partition coefficient (Wildman–Crippen LogP) is 5.11. The molecule has 6 heteroatoms. The zero-order valence-corrected chi connectivity index (χ0v) is 16.6. The van der Waals surface area contributed by atoms with E-state index in [1.807, 2.05) is 43.5 Å². The predicted molar refractivity (Wildman–Crippen MR) is 104 cm³/mol. The fraction of sp³-hybridized carbons (Fsp3) is 0.500. The van der Waals surface area contributed by atoms with Gasteiger partial charge in [0.15, 0.2) is 10.7 Å². The standard InChI is InChI=1S/C20H26N2O3S/c1-5-24-16-8-6-15(7-9-16)21-19-22-17(12-26-19)20(4)11-14(10-13(2)3)18(23)25-20/h6-9,12-14H,5,10-11H2,1-4H3,(H,21,22)/t14-,20+/m0/s1. The number of aromatic nitrogens is 1. The number of carbonyl (C=O) groups excluding carboxylic acids is 1. The third-order valence-electron chi connectivity index (χ3n) is 4.51. The van der Waals surface area contributed by atoms with E-state index in [-0.39, 0.29) is 11.9 Å². The second-order valence-corrected chi connectivity index (χ2v) is 8.16. The number of ether oxygens (including phenoxy) is 2. The first-order chi connectivity index (χ1) is 12.4. The molecule has 5 nitrogen and oxygen atoms in total. The maximum absolute atomic E-state index is 12.2. The maximum Gasteiger partial charge on any atom is 0.310 e. The molecule has 2 atom stereocenters. The second kappa shape index (κ2) is 7.66. The fourth-order valence-corrected chi connectivity index (χ4v) is 4.16. The first-order valence-corrected chi connectivity index (χ1v) is 9.96. The van der Waals surface area contributed by atoms with Crippen molar-refractivity contribution < 1.29 is 14.3 Å². The van der Waals surface area contributed by atoms with Crippen LogP contribution in [-0.2, 0) is 15.1 Å². The molecule has 2 aromatic rings. The van der Waals surface area contributed by atoms with Gasteiger partial charge < -0.3 is 14.8 Å². The molecule has 1 N–H and O–H groups in total. The van der Waals surface area contributed by atoms with Gasteiger partial charge in [-0.3, -0.25) is 4.79 Å². The number of carbonyl (C=O) groups is 1. The van der Waals surface area contributed by atoms with Crippen molar-refractivity contribution >= 4 is 28.1 Å². The van der Waals surface area contributed by atoms with Gasteiger partial charge in [-0.15, -0.1) is 11.3 Å². The molecular formula is C20H26N2O3S. The van der Waals surface area contributed by atoms with Crippen LogP contribution in [0.1, 0.15) is 46.2 Å². The number of hydrogen-bond acceptors (Lipinski definition) is 6. The number of anilines is 2. The molecule has 0 bridgehead atoms. The van der Waals surface area contributed by atoms with Crippen molar-refractivity contribution in [3.05, 3.63) is 35.3 Å². The van der Waals surface area contributed by atoms with Gasteiger partial charge in [0, 0.05) is 17.5 Å². The summed E-state index contributed by atoms with van der Waals surface area (Å²) in [5.74, 6) is 1.18. The number of cyclic esters (lactones) is 1. The van der Waals surface area contributed by atoms with Crippen LogP contribution in [-0.4, -0.2) is 17.6 Å². The van der Waals surface area contributed by atoms with Crippen molar-refractivity contribution in [3.63, 3.8) is 0 Å². The number of nitrogens with one attached hydrogen (secondary N) is 1. The lowest BCUT2D eigenvalue weighted by Crippen LogP contribution is -2.21. The van der Waals surface area contributed by atoms with Crippen LogP contribution < -0.4 is 10.1 Å². The average Bonchev–Trinajstić information content (AvgIpc) is 3.15. The minimum absolute atomic E-state index is 0.0378. The molecule has 0 saturated carbocycles. The molecule has 0 radical (unpaired) electrons. The van der Waals surface area contributed by atoms with Crippen LogP contribution in [0, 0.1) is 11.8 Å². The van der Waals surface area contributed by atoms with E-state index >= 15 is 0 Å². The maximum atomic E-state index is 12.2. The molecule has 1 fully saturated rings.